The smallest absolute Gasteiger partial charge is 0.264 e. The van der Waals surface area contributed by atoms with Crippen molar-refractivity contribution in [1.82, 2.24) is 5.32 Å². The molecule has 0 bridgehead atoms. The minimum atomic E-state index is -3.93. The Labute approximate surface area is 191 Å². The highest BCUT2D eigenvalue weighted by atomic mass is 32.2. The Balaban J connectivity index is 1.91. The van der Waals surface area contributed by atoms with Gasteiger partial charge in [0.1, 0.15) is 6.54 Å². The molecule has 0 aliphatic rings. The molecule has 0 saturated carbocycles. The molecule has 0 radical (unpaired) electrons. The molecule has 6 heteroatoms. The Bertz CT molecular complexity index is 1220. The lowest BCUT2D eigenvalue weighted by Gasteiger charge is -2.26. The zero-order valence-corrected chi connectivity index (χ0v) is 20.0. The summed E-state index contributed by atoms with van der Waals surface area (Å²) < 4.78 is 28.2. The van der Waals surface area contributed by atoms with Crippen LogP contribution in [0.4, 0.5) is 5.69 Å². The van der Waals surface area contributed by atoms with E-state index in [2.05, 4.69) is 11.4 Å². The maximum atomic E-state index is 13.5. The van der Waals surface area contributed by atoms with Gasteiger partial charge in [0, 0.05) is 0 Å². The van der Waals surface area contributed by atoms with E-state index in [4.69, 9.17) is 0 Å². The first-order valence-corrected chi connectivity index (χ1v) is 12.0. The Morgan fingerprint density at radius 1 is 0.875 bits per heavy atom. The topological polar surface area (TPSA) is 66.5 Å². The number of sulfonamides is 1. The first-order chi connectivity index (χ1) is 15.1. The molecule has 168 valence electrons. The lowest BCUT2D eigenvalue weighted by atomic mass is 10.0. The maximum absolute atomic E-state index is 13.5. The van der Waals surface area contributed by atoms with Crippen LogP contribution < -0.4 is 9.62 Å². The summed E-state index contributed by atoms with van der Waals surface area (Å²) in [5.41, 5.74) is 5.47. The standard InChI is InChI=1S/C26H30N2O3S/c1-18-10-13-23(14-11-18)32(30,31)28(25-9-7-6-8-20(25)3)17-26(29)27-22(5)24-15-12-19(2)16-21(24)4/h6-16,22H,17H2,1-5H3,(H,27,29). The fourth-order valence-electron chi connectivity index (χ4n) is 3.79. The zero-order valence-electron chi connectivity index (χ0n) is 19.2. The van der Waals surface area contributed by atoms with Crippen LogP contribution in [0.15, 0.2) is 71.6 Å². The fraction of sp³-hybridized carbons (Fsp3) is 0.269. The van der Waals surface area contributed by atoms with Gasteiger partial charge in [0.2, 0.25) is 5.91 Å². The van der Waals surface area contributed by atoms with E-state index in [1.54, 1.807) is 36.4 Å². The predicted octanol–water partition coefficient (Wildman–Crippen LogP) is 4.99. The van der Waals surface area contributed by atoms with Gasteiger partial charge in [-0.1, -0.05) is 59.7 Å². The van der Waals surface area contributed by atoms with Crippen molar-refractivity contribution in [2.45, 2.75) is 45.6 Å². The minimum absolute atomic E-state index is 0.154. The third-order valence-electron chi connectivity index (χ3n) is 5.55. The number of carbonyl (C=O) groups excluding carboxylic acids is 1. The highest BCUT2D eigenvalue weighted by Gasteiger charge is 2.28. The maximum Gasteiger partial charge on any atom is 0.264 e. The van der Waals surface area contributed by atoms with Crippen molar-refractivity contribution in [3.63, 3.8) is 0 Å². The van der Waals surface area contributed by atoms with Gasteiger partial charge in [-0.3, -0.25) is 9.10 Å². The number of rotatable bonds is 7. The molecule has 1 unspecified atom stereocenters. The van der Waals surface area contributed by atoms with Crippen molar-refractivity contribution in [3.8, 4) is 0 Å². The molecule has 5 nitrogen and oxygen atoms in total. The number of hydrogen-bond donors (Lipinski definition) is 1. The molecule has 0 aliphatic heterocycles. The molecule has 0 fully saturated rings. The van der Waals surface area contributed by atoms with Gasteiger partial charge in [0.05, 0.1) is 16.6 Å². The van der Waals surface area contributed by atoms with E-state index in [-0.39, 0.29) is 23.4 Å². The SMILES string of the molecule is Cc1ccc(S(=O)(=O)N(CC(=O)NC(C)c2ccc(C)cc2C)c2ccccc2C)cc1. The number of carbonyl (C=O) groups is 1. The number of hydrogen-bond acceptors (Lipinski definition) is 3. The van der Waals surface area contributed by atoms with Gasteiger partial charge in [0.25, 0.3) is 10.0 Å². The van der Waals surface area contributed by atoms with Crippen molar-refractivity contribution in [2.75, 3.05) is 10.8 Å². The molecule has 1 amide bonds. The lowest BCUT2D eigenvalue weighted by molar-refractivity contribution is -0.120. The largest absolute Gasteiger partial charge is 0.348 e. The van der Waals surface area contributed by atoms with Crippen LogP contribution in [0.1, 0.15) is 40.8 Å². The lowest BCUT2D eigenvalue weighted by Crippen LogP contribution is -2.42. The zero-order chi connectivity index (χ0) is 23.5. The number of para-hydroxylation sites is 1. The molecule has 0 saturated heterocycles. The summed E-state index contributed by atoms with van der Waals surface area (Å²) in [6, 6.07) is 19.7. The Morgan fingerprint density at radius 2 is 1.50 bits per heavy atom. The van der Waals surface area contributed by atoms with Crippen LogP contribution in [0, 0.1) is 27.7 Å². The van der Waals surface area contributed by atoms with Crippen LogP contribution in [0.5, 0.6) is 0 Å². The molecule has 32 heavy (non-hydrogen) atoms. The van der Waals surface area contributed by atoms with Crippen LogP contribution in [0.2, 0.25) is 0 Å². The Kier molecular flexibility index (Phi) is 7.04. The summed E-state index contributed by atoms with van der Waals surface area (Å²) in [4.78, 5) is 13.2. The molecule has 0 aliphatic carbocycles. The molecule has 0 heterocycles. The minimum Gasteiger partial charge on any atom is -0.348 e. The number of nitrogens with zero attached hydrogens (tertiary/aromatic N) is 1. The number of anilines is 1. The van der Waals surface area contributed by atoms with Gasteiger partial charge in [-0.05, 0) is 69.5 Å². The monoisotopic (exact) mass is 450 g/mol. The second kappa shape index (κ2) is 9.57. The number of benzene rings is 3. The van der Waals surface area contributed by atoms with E-state index in [0.29, 0.717) is 5.69 Å². The molecule has 3 aromatic rings. The second-order valence-corrected chi connectivity index (χ2v) is 10.1. The molecule has 1 atom stereocenters. The highest BCUT2D eigenvalue weighted by molar-refractivity contribution is 7.92. The molecule has 3 aromatic carbocycles. The average molecular weight is 451 g/mol. The van der Waals surface area contributed by atoms with Crippen LogP contribution in [-0.4, -0.2) is 20.9 Å². The summed E-state index contributed by atoms with van der Waals surface area (Å²) >= 11 is 0. The first-order valence-electron chi connectivity index (χ1n) is 10.6. The van der Waals surface area contributed by atoms with E-state index >= 15 is 0 Å². The van der Waals surface area contributed by atoms with E-state index in [1.165, 1.54) is 4.31 Å². The molecule has 0 aromatic heterocycles. The third-order valence-corrected chi connectivity index (χ3v) is 7.32. The van der Waals surface area contributed by atoms with E-state index in [1.807, 2.05) is 58.9 Å². The number of aryl methyl sites for hydroxylation is 4. The predicted molar refractivity (Wildman–Crippen MR) is 129 cm³/mol. The van der Waals surface area contributed by atoms with E-state index in [9.17, 15) is 13.2 Å². The summed E-state index contributed by atoms with van der Waals surface area (Å²) in [5, 5.41) is 2.96. The van der Waals surface area contributed by atoms with Gasteiger partial charge >= 0.3 is 0 Å². The molecule has 3 rings (SSSR count). The van der Waals surface area contributed by atoms with Gasteiger partial charge in [-0.25, -0.2) is 8.42 Å². The summed E-state index contributed by atoms with van der Waals surface area (Å²) in [5.74, 6) is -0.364. The van der Waals surface area contributed by atoms with Crippen LogP contribution in [-0.2, 0) is 14.8 Å². The van der Waals surface area contributed by atoms with Crippen LogP contribution in [0.3, 0.4) is 0 Å². The van der Waals surface area contributed by atoms with Gasteiger partial charge in [-0.2, -0.15) is 0 Å². The quantitative estimate of drug-likeness (QED) is 0.551. The second-order valence-electron chi connectivity index (χ2n) is 8.26. The summed E-state index contributed by atoms with van der Waals surface area (Å²) in [6.07, 6.45) is 0. The van der Waals surface area contributed by atoms with Crippen molar-refractivity contribution in [1.29, 1.82) is 0 Å². The summed E-state index contributed by atoms with van der Waals surface area (Å²) in [7, 11) is -3.93. The first kappa shape index (κ1) is 23.5. The average Bonchev–Trinajstić information content (AvgIpc) is 2.72. The highest BCUT2D eigenvalue weighted by Crippen LogP contribution is 2.27. The molecular weight excluding hydrogens is 420 g/mol. The normalized spacial score (nSPS) is 12.3. The van der Waals surface area contributed by atoms with Crippen LogP contribution >= 0.6 is 0 Å². The molecule has 1 N–H and O–H groups in total. The van der Waals surface area contributed by atoms with Gasteiger partial charge in [0.15, 0.2) is 0 Å². The fourth-order valence-corrected chi connectivity index (χ4v) is 5.27. The van der Waals surface area contributed by atoms with Crippen molar-refractivity contribution < 1.29 is 13.2 Å². The Morgan fingerprint density at radius 3 is 2.12 bits per heavy atom. The third kappa shape index (κ3) is 5.19. The van der Waals surface area contributed by atoms with E-state index < -0.39 is 10.0 Å². The van der Waals surface area contributed by atoms with Gasteiger partial charge < -0.3 is 5.32 Å². The number of nitrogens with one attached hydrogen (secondary N) is 1. The van der Waals surface area contributed by atoms with E-state index in [0.717, 1.165) is 27.8 Å². The van der Waals surface area contributed by atoms with Crippen LogP contribution in [0.25, 0.3) is 0 Å². The molecule has 0 spiro atoms. The number of amides is 1. The van der Waals surface area contributed by atoms with Crippen molar-refractivity contribution in [3.05, 3.63) is 94.5 Å². The summed E-state index contributed by atoms with van der Waals surface area (Å²) in [6.45, 7) is 9.36. The van der Waals surface area contributed by atoms with Gasteiger partial charge in [-0.15, -0.1) is 0 Å². The van der Waals surface area contributed by atoms with Crippen molar-refractivity contribution >= 4 is 21.6 Å². The Hall–Kier alpha value is -3.12. The molecular formula is C26H30N2O3S. The van der Waals surface area contributed by atoms with Crippen molar-refractivity contribution in [2.24, 2.45) is 0 Å².